The molecule has 4 aliphatic heterocycles. The number of carbonyl (C=O) groups is 2. The van der Waals surface area contributed by atoms with Gasteiger partial charge in [-0.2, -0.15) is 0 Å². The van der Waals surface area contributed by atoms with E-state index >= 15 is 0 Å². The van der Waals surface area contributed by atoms with Gasteiger partial charge < -0.3 is 33.3 Å². The molecule has 0 aliphatic carbocycles. The first kappa shape index (κ1) is 31.1. The molecule has 4 aliphatic rings. The lowest BCUT2D eigenvalue weighted by Crippen LogP contribution is -2.54. The number of carbonyl (C=O) groups excluding carboxylic acids is 2. The van der Waals surface area contributed by atoms with E-state index in [1.54, 1.807) is 4.90 Å². The van der Waals surface area contributed by atoms with Crippen LogP contribution in [0.5, 0.6) is 0 Å². The van der Waals surface area contributed by atoms with Crippen molar-refractivity contribution in [2.75, 3.05) is 39.4 Å². The Morgan fingerprint density at radius 1 is 0.976 bits per heavy atom. The number of hydrogen-bond acceptors (Lipinski definition) is 7. The van der Waals surface area contributed by atoms with E-state index in [1.807, 2.05) is 72.1 Å². The highest BCUT2D eigenvalue weighted by molar-refractivity contribution is 6.62. The molecule has 0 N–H and O–H groups in total. The monoisotopic (exact) mass is 585 g/mol. The van der Waals surface area contributed by atoms with Gasteiger partial charge in [-0.05, 0) is 90.9 Å². The molecule has 1 aromatic carbocycles. The maximum absolute atomic E-state index is 13.7. The SMILES string of the molecule is C[C@@H]1CN(C(=O)N2CCc3cc(B4OC(C)(C)C(C)(C)O4)cc([C@@H]4COCCN4C(=O)OC(C)(C)C)c3C2)C[C@@H](C)O1. The molecule has 42 heavy (non-hydrogen) atoms. The number of amides is 3. The van der Waals surface area contributed by atoms with Gasteiger partial charge >= 0.3 is 19.2 Å². The zero-order chi connectivity index (χ0) is 30.6. The maximum atomic E-state index is 13.7. The molecule has 3 amide bonds. The van der Waals surface area contributed by atoms with E-state index in [0.717, 1.165) is 22.2 Å². The summed E-state index contributed by atoms with van der Waals surface area (Å²) in [6.45, 7) is 21.2. The third-order valence-electron chi connectivity index (χ3n) is 9.00. The van der Waals surface area contributed by atoms with Gasteiger partial charge in [0.25, 0.3) is 0 Å². The number of nitrogens with zero attached hydrogens (tertiary/aromatic N) is 3. The number of ether oxygens (including phenoxy) is 3. The Hall–Kier alpha value is -2.34. The minimum Gasteiger partial charge on any atom is -0.444 e. The fraction of sp³-hybridized carbons (Fsp3) is 0.742. The third-order valence-corrected chi connectivity index (χ3v) is 9.00. The Labute approximate surface area is 251 Å². The highest BCUT2D eigenvalue weighted by Crippen LogP contribution is 2.38. The number of fused-ring (bicyclic) bond motifs is 1. The van der Waals surface area contributed by atoms with Crippen LogP contribution in [0.15, 0.2) is 12.1 Å². The van der Waals surface area contributed by atoms with Crippen molar-refractivity contribution >= 4 is 24.7 Å². The summed E-state index contributed by atoms with van der Waals surface area (Å²) in [7, 11) is -0.547. The lowest BCUT2D eigenvalue weighted by Gasteiger charge is -2.41. The second-order valence-electron chi connectivity index (χ2n) is 14.2. The van der Waals surface area contributed by atoms with Crippen molar-refractivity contribution < 1.29 is 33.1 Å². The molecule has 0 spiro atoms. The Bertz CT molecular complexity index is 1170. The van der Waals surface area contributed by atoms with Gasteiger partial charge in [0.2, 0.25) is 0 Å². The number of benzene rings is 1. The summed E-state index contributed by atoms with van der Waals surface area (Å²) in [5.74, 6) is 0. The first-order valence-corrected chi connectivity index (χ1v) is 15.3. The molecule has 1 aromatic rings. The van der Waals surface area contributed by atoms with Crippen molar-refractivity contribution in [3.63, 3.8) is 0 Å². The minimum absolute atomic E-state index is 0.00502. The number of hydrogen-bond donors (Lipinski definition) is 0. The predicted octanol–water partition coefficient (Wildman–Crippen LogP) is 3.88. The molecule has 3 fully saturated rings. The summed E-state index contributed by atoms with van der Waals surface area (Å²) in [6, 6.07) is 3.89. The van der Waals surface area contributed by atoms with E-state index in [0.29, 0.717) is 52.4 Å². The van der Waals surface area contributed by atoms with Gasteiger partial charge in [-0.3, -0.25) is 4.90 Å². The van der Waals surface area contributed by atoms with Crippen LogP contribution in [-0.2, 0) is 36.5 Å². The highest BCUT2D eigenvalue weighted by atomic mass is 16.7. The van der Waals surface area contributed by atoms with Gasteiger partial charge in [0.05, 0.1) is 42.7 Å². The quantitative estimate of drug-likeness (QED) is 0.487. The molecule has 0 saturated carbocycles. The lowest BCUT2D eigenvalue weighted by atomic mass is 9.74. The smallest absolute Gasteiger partial charge is 0.444 e. The molecule has 0 aromatic heterocycles. The Morgan fingerprint density at radius 3 is 2.24 bits per heavy atom. The molecule has 11 heteroatoms. The summed E-state index contributed by atoms with van der Waals surface area (Å²) >= 11 is 0. The normalized spacial score (nSPS) is 27.6. The zero-order valence-corrected chi connectivity index (χ0v) is 26.8. The summed E-state index contributed by atoms with van der Waals surface area (Å²) in [5.41, 5.74) is 2.45. The van der Waals surface area contributed by atoms with Crippen LogP contribution in [0.2, 0.25) is 0 Å². The van der Waals surface area contributed by atoms with E-state index < -0.39 is 23.9 Å². The molecule has 3 atom stereocenters. The highest BCUT2D eigenvalue weighted by Gasteiger charge is 2.52. The molecule has 3 saturated heterocycles. The van der Waals surface area contributed by atoms with E-state index in [1.165, 1.54) is 0 Å². The van der Waals surface area contributed by atoms with E-state index in [-0.39, 0.29) is 30.4 Å². The number of urea groups is 1. The fourth-order valence-corrected chi connectivity index (χ4v) is 6.23. The molecule has 0 bridgehead atoms. The van der Waals surface area contributed by atoms with Crippen molar-refractivity contribution in [2.24, 2.45) is 0 Å². The Kier molecular flexibility index (Phi) is 8.37. The van der Waals surface area contributed by atoms with Crippen LogP contribution in [-0.4, -0.2) is 102 Å². The Morgan fingerprint density at radius 2 is 1.62 bits per heavy atom. The molecule has 0 radical (unpaired) electrons. The summed E-state index contributed by atoms with van der Waals surface area (Å²) in [5, 5.41) is 0. The van der Waals surface area contributed by atoms with Gasteiger partial charge in [-0.15, -0.1) is 0 Å². The molecular formula is C31H48BN3O7. The predicted molar refractivity (Wildman–Crippen MR) is 160 cm³/mol. The number of morpholine rings is 2. The van der Waals surface area contributed by atoms with Crippen LogP contribution in [0.4, 0.5) is 9.59 Å². The molecule has 10 nitrogen and oxygen atoms in total. The summed E-state index contributed by atoms with van der Waals surface area (Å²) in [6.07, 6.45) is 0.312. The topological polar surface area (TPSA) is 90.0 Å². The largest absolute Gasteiger partial charge is 0.494 e. The van der Waals surface area contributed by atoms with E-state index in [9.17, 15) is 9.59 Å². The van der Waals surface area contributed by atoms with Gasteiger partial charge in [0.15, 0.2) is 0 Å². The average Bonchev–Trinajstić information content (AvgIpc) is 3.12. The van der Waals surface area contributed by atoms with Gasteiger partial charge in [-0.25, -0.2) is 9.59 Å². The van der Waals surface area contributed by atoms with Crippen molar-refractivity contribution in [3.8, 4) is 0 Å². The molecular weight excluding hydrogens is 537 g/mol. The maximum Gasteiger partial charge on any atom is 0.494 e. The van der Waals surface area contributed by atoms with Crippen LogP contribution >= 0.6 is 0 Å². The third kappa shape index (κ3) is 6.30. The van der Waals surface area contributed by atoms with Crippen LogP contribution in [0, 0.1) is 0 Å². The van der Waals surface area contributed by atoms with Crippen molar-refractivity contribution in [1.82, 2.24) is 14.7 Å². The van der Waals surface area contributed by atoms with Gasteiger partial charge in [0.1, 0.15) is 5.60 Å². The zero-order valence-electron chi connectivity index (χ0n) is 26.8. The summed E-state index contributed by atoms with van der Waals surface area (Å²) < 4.78 is 30.5. The van der Waals surface area contributed by atoms with Gasteiger partial charge in [0, 0.05) is 32.7 Å². The molecule has 232 valence electrons. The first-order valence-electron chi connectivity index (χ1n) is 15.3. The van der Waals surface area contributed by atoms with Crippen LogP contribution in [0.1, 0.15) is 85.0 Å². The van der Waals surface area contributed by atoms with Crippen molar-refractivity contribution in [2.45, 2.75) is 110 Å². The van der Waals surface area contributed by atoms with Crippen molar-refractivity contribution in [3.05, 3.63) is 28.8 Å². The van der Waals surface area contributed by atoms with Crippen LogP contribution in [0.25, 0.3) is 0 Å². The second-order valence-corrected chi connectivity index (χ2v) is 14.2. The van der Waals surface area contributed by atoms with Crippen LogP contribution < -0.4 is 5.46 Å². The van der Waals surface area contributed by atoms with Gasteiger partial charge in [-0.1, -0.05) is 12.1 Å². The summed E-state index contributed by atoms with van der Waals surface area (Å²) in [4.78, 5) is 32.8. The van der Waals surface area contributed by atoms with Crippen LogP contribution in [0.3, 0.4) is 0 Å². The van der Waals surface area contributed by atoms with E-state index in [4.69, 9.17) is 23.5 Å². The lowest BCUT2D eigenvalue weighted by molar-refractivity contribution is -0.0586. The van der Waals surface area contributed by atoms with E-state index in [2.05, 4.69) is 12.1 Å². The standard InChI is InChI=1S/C31H48BN3O7/c1-20-16-34(17-21(2)39-20)27(36)33-11-10-22-14-23(32-41-30(6,7)31(8,9)42-32)15-24(25(22)18-33)26-19-38-13-12-35(26)28(37)40-29(3,4)5/h14-15,20-21,26H,10-13,16-19H2,1-9H3/t20-,21-,26+/m1/s1. The van der Waals surface area contributed by atoms with Crippen molar-refractivity contribution in [1.29, 1.82) is 0 Å². The molecule has 5 rings (SSSR count). The molecule has 0 unspecified atom stereocenters. The first-order chi connectivity index (χ1) is 19.5. The minimum atomic E-state index is -0.625. The number of rotatable bonds is 2. The molecule has 4 heterocycles. The Balaban J connectivity index is 1.51. The average molecular weight is 586 g/mol. The second kappa shape index (κ2) is 11.3. The fourth-order valence-electron chi connectivity index (χ4n) is 6.23.